The van der Waals surface area contributed by atoms with Crippen molar-refractivity contribution in [3.05, 3.63) is 86.7 Å². The summed E-state index contributed by atoms with van der Waals surface area (Å²) in [5, 5.41) is 12.1. The van der Waals surface area contributed by atoms with E-state index in [1.54, 1.807) is 25.1 Å². The van der Waals surface area contributed by atoms with E-state index in [9.17, 15) is 24.3 Å². The molecule has 6 nitrogen and oxygen atoms in total. The van der Waals surface area contributed by atoms with Gasteiger partial charge in [0.25, 0.3) is 0 Å². The molecular weight excluding hydrogens is 462 g/mol. The molecule has 3 aliphatic carbocycles. The molecule has 4 unspecified atom stereocenters. The van der Waals surface area contributed by atoms with Crippen molar-refractivity contribution in [1.82, 2.24) is 4.90 Å². The Hall–Kier alpha value is -3.58. The van der Waals surface area contributed by atoms with E-state index >= 15 is 0 Å². The first-order valence-electron chi connectivity index (χ1n) is 11.7. The highest BCUT2D eigenvalue weighted by atomic mass is 32.1. The molecule has 1 aromatic heterocycles. The summed E-state index contributed by atoms with van der Waals surface area (Å²) < 4.78 is 0. The molecule has 0 radical (unpaired) electrons. The minimum absolute atomic E-state index is 0.0668. The summed E-state index contributed by atoms with van der Waals surface area (Å²) in [4.78, 5) is 55.7. The third-order valence-electron chi connectivity index (χ3n) is 7.75. The highest BCUT2D eigenvalue weighted by Gasteiger charge is 2.56. The van der Waals surface area contributed by atoms with Crippen LogP contribution in [0.1, 0.15) is 36.1 Å². The molecule has 2 aromatic rings. The van der Waals surface area contributed by atoms with Gasteiger partial charge in [-0.05, 0) is 60.9 Å². The molecule has 6 rings (SSSR count). The van der Waals surface area contributed by atoms with Crippen LogP contribution in [-0.4, -0.2) is 33.4 Å². The number of hydrogen-bond acceptors (Lipinski definition) is 6. The van der Waals surface area contributed by atoms with Gasteiger partial charge in [-0.2, -0.15) is 0 Å². The number of phenols is 1. The molecule has 0 bridgehead atoms. The molecule has 0 spiro atoms. The second-order valence-corrected chi connectivity index (χ2v) is 10.7. The summed E-state index contributed by atoms with van der Waals surface area (Å²) in [6.07, 6.45) is 4.05. The Morgan fingerprint density at radius 1 is 1.06 bits per heavy atom. The first kappa shape index (κ1) is 21.9. The van der Waals surface area contributed by atoms with Crippen molar-refractivity contribution in [3.8, 4) is 5.75 Å². The third-order valence-corrected chi connectivity index (χ3v) is 8.61. The van der Waals surface area contributed by atoms with Crippen LogP contribution in [0.3, 0.4) is 0 Å². The standard InChI is InChI=1S/C28H23NO5S/c1-14-10-22(31)21-12-20-18(23(25(21)26(14)32)15-4-2-5-16(30)11-15)7-8-19-24(20)28(34)29(27(19)33)13-17-6-3-9-35-17/h2-7,9-11,19-20,23-24,30H,8,12-13H2,1H3. The third kappa shape index (κ3) is 3.29. The normalized spacial score (nSPS) is 28.0. The zero-order valence-electron chi connectivity index (χ0n) is 19.1. The van der Waals surface area contributed by atoms with Gasteiger partial charge in [0.15, 0.2) is 11.6 Å². The number of nitrogens with zero attached hydrogens (tertiary/aromatic N) is 1. The predicted octanol–water partition coefficient (Wildman–Crippen LogP) is 4.08. The van der Waals surface area contributed by atoms with Crippen LogP contribution < -0.4 is 0 Å². The molecule has 4 atom stereocenters. The van der Waals surface area contributed by atoms with Crippen LogP contribution in [0.4, 0.5) is 0 Å². The van der Waals surface area contributed by atoms with E-state index in [4.69, 9.17) is 0 Å². The van der Waals surface area contributed by atoms with E-state index in [-0.39, 0.29) is 48.0 Å². The van der Waals surface area contributed by atoms with Crippen LogP contribution in [-0.2, 0) is 25.7 Å². The monoisotopic (exact) mass is 485 g/mol. The lowest BCUT2D eigenvalue weighted by Gasteiger charge is -2.42. The van der Waals surface area contributed by atoms with Gasteiger partial charge in [0.05, 0.1) is 18.4 Å². The number of amides is 2. The van der Waals surface area contributed by atoms with Gasteiger partial charge in [-0.1, -0.05) is 29.8 Å². The molecule has 35 heavy (non-hydrogen) atoms. The molecule has 4 aliphatic rings. The van der Waals surface area contributed by atoms with E-state index in [0.717, 1.165) is 10.5 Å². The molecule has 0 saturated carbocycles. The van der Waals surface area contributed by atoms with Crippen LogP contribution in [0.5, 0.6) is 5.75 Å². The summed E-state index contributed by atoms with van der Waals surface area (Å²) in [5.41, 5.74) is 2.85. The number of thiophene rings is 1. The van der Waals surface area contributed by atoms with Gasteiger partial charge < -0.3 is 5.11 Å². The Morgan fingerprint density at radius 3 is 2.63 bits per heavy atom. The summed E-state index contributed by atoms with van der Waals surface area (Å²) in [5.74, 6) is -2.61. The van der Waals surface area contributed by atoms with Gasteiger partial charge in [-0.15, -0.1) is 11.3 Å². The number of benzene rings is 1. The van der Waals surface area contributed by atoms with Crippen molar-refractivity contribution in [1.29, 1.82) is 0 Å². The molecule has 1 fully saturated rings. The SMILES string of the molecule is CC1=CC(=O)C2=C(C1=O)C(c1cccc(O)c1)C1=CCC3C(=O)N(Cc4cccs4)C(=O)C3C1C2. The first-order valence-corrected chi connectivity index (χ1v) is 12.6. The Kier molecular flexibility index (Phi) is 5.00. The number of likely N-dealkylation sites (tertiary alicyclic amines) is 1. The highest BCUT2D eigenvalue weighted by Crippen LogP contribution is 2.55. The van der Waals surface area contributed by atoms with E-state index < -0.39 is 17.8 Å². The fourth-order valence-corrected chi connectivity index (χ4v) is 6.92. The molecule has 7 heteroatoms. The van der Waals surface area contributed by atoms with Gasteiger partial charge in [-0.3, -0.25) is 24.1 Å². The number of allylic oxidation sites excluding steroid dienone is 6. The van der Waals surface area contributed by atoms with Gasteiger partial charge in [0.2, 0.25) is 11.8 Å². The number of Topliss-reactive ketones (excluding diaryl/α,β-unsaturated/α-hetero) is 1. The molecule has 2 amide bonds. The van der Waals surface area contributed by atoms with Crippen molar-refractivity contribution in [3.63, 3.8) is 0 Å². The minimum atomic E-state index is -0.564. The van der Waals surface area contributed by atoms with Crippen LogP contribution in [0, 0.1) is 17.8 Å². The number of phenolic OH excluding ortho intramolecular Hbond substituents is 1. The Labute approximate surface area is 206 Å². The lowest BCUT2D eigenvalue weighted by Crippen LogP contribution is -2.39. The van der Waals surface area contributed by atoms with Crippen LogP contribution >= 0.6 is 11.3 Å². The lowest BCUT2D eigenvalue weighted by atomic mass is 9.59. The highest BCUT2D eigenvalue weighted by molar-refractivity contribution is 7.09. The van der Waals surface area contributed by atoms with E-state index in [1.165, 1.54) is 22.3 Å². The number of imide groups is 1. The molecule has 176 valence electrons. The van der Waals surface area contributed by atoms with Crippen LogP contribution in [0.2, 0.25) is 0 Å². The second kappa shape index (κ2) is 7.99. The summed E-state index contributed by atoms with van der Waals surface area (Å²) in [6, 6.07) is 10.5. The average molecular weight is 486 g/mol. The summed E-state index contributed by atoms with van der Waals surface area (Å²) in [7, 11) is 0. The molecule has 2 heterocycles. The van der Waals surface area contributed by atoms with Crippen molar-refractivity contribution >= 4 is 34.7 Å². The van der Waals surface area contributed by atoms with Crippen LogP contribution in [0.15, 0.2) is 76.2 Å². The zero-order chi connectivity index (χ0) is 24.4. The molecule has 1 saturated heterocycles. The quantitative estimate of drug-likeness (QED) is 0.402. The zero-order valence-corrected chi connectivity index (χ0v) is 19.9. The summed E-state index contributed by atoms with van der Waals surface area (Å²) in [6.45, 7) is 1.90. The van der Waals surface area contributed by atoms with Gasteiger partial charge in [-0.25, -0.2) is 0 Å². The van der Waals surface area contributed by atoms with Gasteiger partial charge >= 0.3 is 0 Å². The maximum absolute atomic E-state index is 13.6. The Bertz CT molecular complexity index is 1400. The maximum Gasteiger partial charge on any atom is 0.234 e. The number of aromatic hydroxyl groups is 1. The minimum Gasteiger partial charge on any atom is -0.508 e. The van der Waals surface area contributed by atoms with Gasteiger partial charge in [0, 0.05) is 27.5 Å². The van der Waals surface area contributed by atoms with Crippen molar-refractivity contribution in [2.24, 2.45) is 17.8 Å². The average Bonchev–Trinajstić information content (AvgIpc) is 3.44. The molecular formula is C28H23NO5S. The van der Waals surface area contributed by atoms with E-state index in [1.807, 2.05) is 29.7 Å². The Morgan fingerprint density at radius 2 is 1.89 bits per heavy atom. The number of fused-ring (bicyclic) bond motifs is 3. The lowest BCUT2D eigenvalue weighted by molar-refractivity contribution is -0.140. The van der Waals surface area contributed by atoms with E-state index in [2.05, 4.69) is 0 Å². The fourth-order valence-electron chi connectivity index (χ4n) is 6.22. The maximum atomic E-state index is 13.6. The summed E-state index contributed by atoms with van der Waals surface area (Å²) >= 11 is 1.51. The number of carbonyl (C=O) groups excluding carboxylic acids is 4. The number of hydrogen-bond donors (Lipinski definition) is 1. The van der Waals surface area contributed by atoms with Crippen LogP contribution in [0.25, 0.3) is 0 Å². The topological polar surface area (TPSA) is 91.8 Å². The number of rotatable bonds is 3. The van der Waals surface area contributed by atoms with Crippen molar-refractivity contribution < 1.29 is 24.3 Å². The second-order valence-electron chi connectivity index (χ2n) is 9.67. The molecule has 1 aliphatic heterocycles. The largest absolute Gasteiger partial charge is 0.508 e. The van der Waals surface area contributed by atoms with E-state index in [0.29, 0.717) is 28.7 Å². The van der Waals surface area contributed by atoms with Gasteiger partial charge in [0.1, 0.15) is 5.75 Å². The molecule has 1 N–H and O–H groups in total. The molecule has 1 aromatic carbocycles. The Balaban J connectivity index is 1.46. The smallest absolute Gasteiger partial charge is 0.234 e. The first-order chi connectivity index (χ1) is 16.8. The number of carbonyl (C=O) groups is 4. The fraction of sp³-hybridized carbons (Fsp3) is 0.286. The van der Waals surface area contributed by atoms with Crippen molar-refractivity contribution in [2.75, 3.05) is 0 Å². The number of ketones is 2. The predicted molar refractivity (Wildman–Crippen MR) is 129 cm³/mol. The van der Waals surface area contributed by atoms with Crippen molar-refractivity contribution in [2.45, 2.75) is 32.2 Å².